The van der Waals surface area contributed by atoms with Crippen LogP contribution in [0.15, 0.2) is 0 Å². The summed E-state index contributed by atoms with van der Waals surface area (Å²) in [5, 5.41) is 8.85. The number of aliphatic carboxylic acids is 1. The summed E-state index contributed by atoms with van der Waals surface area (Å²) >= 11 is 0. The number of carboxylic acids is 1. The van der Waals surface area contributed by atoms with Crippen molar-refractivity contribution in [1.82, 2.24) is 0 Å². The summed E-state index contributed by atoms with van der Waals surface area (Å²) in [6, 6.07) is -1.51. The number of rotatable bonds is 38. The molecule has 0 aliphatic heterocycles. The van der Waals surface area contributed by atoms with Gasteiger partial charge in [-0.15, -0.1) is 0 Å². The lowest BCUT2D eigenvalue weighted by Crippen LogP contribution is -2.34. The topological polar surface area (TPSA) is 172 Å². The van der Waals surface area contributed by atoms with Crippen molar-refractivity contribution in [3.63, 3.8) is 0 Å². The largest absolute Gasteiger partial charge is 0.480 e. The first kappa shape index (κ1) is 48.5. The van der Waals surface area contributed by atoms with E-state index in [4.69, 9.17) is 24.8 Å². The number of ether oxygens (including phenoxy) is 2. The fourth-order valence-corrected chi connectivity index (χ4v) is 6.43. The van der Waals surface area contributed by atoms with Gasteiger partial charge in [0.1, 0.15) is 12.6 Å². The molecule has 0 fully saturated rings. The second kappa shape index (κ2) is 34.6. The Morgan fingerprint density at radius 1 is 0.540 bits per heavy atom. The van der Waals surface area contributed by atoms with Crippen LogP contribution in [0, 0.1) is 0 Å². The van der Waals surface area contributed by atoms with Gasteiger partial charge in [-0.3, -0.25) is 23.4 Å². The number of esters is 2. The van der Waals surface area contributed by atoms with Crippen LogP contribution in [-0.2, 0) is 37.5 Å². The summed E-state index contributed by atoms with van der Waals surface area (Å²) in [6.07, 6.45) is 30.4. The van der Waals surface area contributed by atoms with E-state index < -0.39 is 51.1 Å². The summed E-state index contributed by atoms with van der Waals surface area (Å²) < 4.78 is 32.5. The van der Waals surface area contributed by atoms with E-state index in [1.807, 2.05) is 0 Å². The van der Waals surface area contributed by atoms with Gasteiger partial charge in [-0.05, 0) is 12.8 Å². The highest BCUT2D eigenvalue weighted by atomic mass is 31.2. The molecule has 0 rings (SSSR count). The maximum absolute atomic E-state index is 12.6. The molecule has 0 radical (unpaired) electrons. The van der Waals surface area contributed by atoms with Crippen LogP contribution in [-0.4, -0.2) is 59.9 Å². The van der Waals surface area contributed by atoms with Crippen molar-refractivity contribution in [3.8, 4) is 0 Å². The maximum atomic E-state index is 12.6. The smallest absolute Gasteiger partial charge is 0.472 e. The second-order valence-electron chi connectivity index (χ2n) is 13.8. The third-order valence-electron chi connectivity index (χ3n) is 8.86. The monoisotopic (exact) mass is 736 g/mol. The van der Waals surface area contributed by atoms with Crippen LogP contribution in [0.3, 0.4) is 0 Å². The first-order chi connectivity index (χ1) is 24.1. The molecular weight excluding hydrogens is 661 g/mol. The molecule has 4 N–H and O–H groups in total. The fourth-order valence-electron chi connectivity index (χ4n) is 5.65. The number of carbonyl (C=O) groups excluding carboxylic acids is 2. The summed E-state index contributed by atoms with van der Waals surface area (Å²) in [7, 11) is -4.70. The molecule has 0 aromatic carbocycles. The summed E-state index contributed by atoms with van der Waals surface area (Å²) in [6.45, 7) is 2.79. The Hall–Kier alpha value is -1.52. The van der Waals surface area contributed by atoms with Gasteiger partial charge in [-0.25, -0.2) is 4.57 Å². The molecule has 12 heteroatoms. The van der Waals surface area contributed by atoms with Crippen LogP contribution in [0.4, 0.5) is 0 Å². The van der Waals surface area contributed by atoms with Crippen LogP contribution >= 0.6 is 7.82 Å². The third kappa shape index (κ3) is 33.6. The molecule has 1 unspecified atom stereocenters. The third-order valence-corrected chi connectivity index (χ3v) is 9.81. The Morgan fingerprint density at radius 3 is 1.26 bits per heavy atom. The number of phosphoric ester groups is 1. The number of nitrogens with two attached hydrogens (primary N) is 1. The van der Waals surface area contributed by atoms with Gasteiger partial charge in [0.05, 0.1) is 13.2 Å². The lowest BCUT2D eigenvalue weighted by atomic mass is 10.0. The van der Waals surface area contributed by atoms with E-state index in [0.717, 1.165) is 38.5 Å². The van der Waals surface area contributed by atoms with Crippen molar-refractivity contribution in [3.05, 3.63) is 0 Å². The average Bonchev–Trinajstić information content (AvgIpc) is 3.09. The molecule has 0 aromatic rings. The SMILES string of the molecule is CCCCCCCCCCCCCCCCCCCC(=O)O[C@@H](COC(=O)CCCCCCCCCCC)COP(=O)(O)OC[C@H](N)C(=O)O. The number of phosphoric acid groups is 1. The Balaban J connectivity index is 4.32. The van der Waals surface area contributed by atoms with Crippen molar-refractivity contribution in [1.29, 1.82) is 0 Å². The molecule has 0 saturated heterocycles. The normalized spacial score (nSPS) is 13.8. The number of hydrogen-bond donors (Lipinski definition) is 3. The minimum Gasteiger partial charge on any atom is -0.480 e. The highest BCUT2D eigenvalue weighted by Crippen LogP contribution is 2.43. The Labute approximate surface area is 304 Å². The molecule has 0 saturated carbocycles. The van der Waals surface area contributed by atoms with Gasteiger partial charge in [0.25, 0.3) is 0 Å². The van der Waals surface area contributed by atoms with Crippen molar-refractivity contribution < 1.29 is 47.5 Å². The first-order valence-corrected chi connectivity index (χ1v) is 21.6. The molecule has 0 aliphatic rings. The average molecular weight is 736 g/mol. The van der Waals surface area contributed by atoms with Crippen LogP contribution in [0.5, 0.6) is 0 Å². The zero-order valence-electron chi connectivity index (χ0n) is 31.8. The van der Waals surface area contributed by atoms with Crippen molar-refractivity contribution >= 4 is 25.7 Å². The van der Waals surface area contributed by atoms with Crippen LogP contribution in [0.2, 0.25) is 0 Å². The van der Waals surface area contributed by atoms with Gasteiger partial charge < -0.3 is 25.2 Å². The minimum atomic E-state index is -4.70. The van der Waals surface area contributed by atoms with Gasteiger partial charge in [-0.1, -0.05) is 168 Å². The molecule has 50 heavy (non-hydrogen) atoms. The molecule has 296 valence electrons. The zero-order chi connectivity index (χ0) is 37.1. The molecule has 0 amide bonds. The van der Waals surface area contributed by atoms with Gasteiger partial charge in [0.2, 0.25) is 0 Å². The summed E-state index contributed by atoms with van der Waals surface area (Å²) in [5.41, 5.74) is 5.31. The number of unbranched alkanes of at least 4 members (excludes halogenated alkanes) is 24. The lowest BCUT2D eigenvalue weighted by molar-refractivity contribution is -0.161. The lowest BCUT2D eigenvalue weighted by Gasteiger charge is -2.20. The highest BCUT2D eigenvalue weighted by molar-refractivity contribution is 7.47. The predicted octanol–water partition coefficient (Wildman–Crippen LogP) is 9.95. The van der Waals surface area contributed by atoms with E-state index >= 15 is 0 Å². The van der Waals surface area contributed by atoms with Gasteiger partial charge >= 0.3 is 25.7 Å². The molecule has 0 aromatic heterocycles. The maximum Gasteiger partial charge on any atom is 0.472 e. The number of carbonyl (C=O) groups is 3. The van der Waals surface area contributed by atoms with E-state index in [2.05, 4.69) is 18.4 Å². The van der Waals surface area contributed by atoms with E-state index in [9.17, 15) is 23.8 Å². The van der Waals surface area contributed by atoms with Crippen molar-refractivity contribution in [2.45, 2.75) is 206 Å². The van der Waals surface area contributed by atoms with E-state index in [1.165, 1.54) is 116 Å². The standard InChI is InChI=1S/C38H74NO10P/c1-3-5-7-9-11-13-14-15-16-17-18-19-20-22-24-26-28-30-37(41)49-34(32-47-50(44,45)48-33-35(39)38(42)43)31-46-36(40)29-27-25-23-21-12-10-8-6-4-2/h34-35H,3-33,39H2,1-2H3,(H,42,43)(H,44,45)/t34-,35-/m0/s1. The fraction of sp³-hybridized carbons (Fsp3) is 0.921. The number of hydrogen-bond acceptors (Lipinski definition) is 9. The quantitative estimate of drug-likeness (QED) is 0.0313. The molecule has 11 nitrogen and oxygen atoms in total. The van der Waals surface area contributed by atoms with Crippen molar-refractivity contribution in [2.75, 3.05) is 19.8 Å². The van der Waals surface area contributed by atoms with Gasteiger partial charge in [-0.2, -0.15) is 0 Å². The zero-order valence-corrected chi connectivity index (χ0v) is 32.7. The molecule has 0 spiro atoms. The van der Waals surface area contributed by atoms with E-state index in [0.29, 0.717) is 12.8 Å². The van der Waals surface area contributed by atoms with Crippen LogP contribution in [0.1, 0.15) is 194 Å². The highest BCUT2D eigenvalue weighted by Gasteiger charge is 2.28. The van der Waals surface area contributed by atoms with Crippen LogP contribution in [0.25, 0.3) is 0 Å². The molecule has 0 heterocycles. The predicted molar refractivity (Wildman–Crippen MR) is 199 cm³/mol. The molecule has 0 aliphatic carbocycles. The Bertz CT molecular complexity index is 875. The molecule has 3 atom stereocenters. The Kier molecular flexibility index (Phi) is 33.5. The van der Waals surface area contributed by atoms with Gasteiger partial charge in [0, 0.05) is 12.8 Å². The van der Waals surface area contributed by atoms with E-state index in [1.54, 1.807) is 0 Å². The molecular formula is C38H74NO10P. The first-order valence-electron chi connectivity index (χ1n) is 20.1. The summed E-state index contributed by atoms with van der Waals surface area (Å²) in [4.78, 5) is 45.7. The minimum absolute atomic E-state index is 0.169. The summed E-state index contributed by atoms with van der Waals surface area (Å²) in [5.74, 6) is -2.37. The van der Waals surface area contributed by atoms with E-state index in [-0.39, 0.29) is 19.4 Å². The van der Waals surface area contributed by atoms with Gasteiger partial charge in [0.15, 0.2) is 6.10 Å². The second-order valence-corrected chi connectivity index (χ2v) is 15.2. The van der Waals surface area contributed by atoms with Crippen molar-refractivity contribution in [2.24, 2.45) is 5.73 Å². The number of carboxylic acid groups (broad SMARTS) is 1. The van der Waals surface area contributed by atoms with Crippen LogP contribution < -0.4 is 5.73 Å². The Morgan fingerprint density at radius 2 is 0.880 bits per heavy atom. The molecule has 0 bridgehead atoms.